The summed E-state index contributed by atoms with van der Waals surface area (Å²) >= 11 is 1.95. The van der Waals surface area contributed by atoms with Crippen molar-refractivity contribution in [3.63, 3.8) is 0 Å². The minimum Gasteiger partial charge on any atom is -0.248 e. The first kappa shape index (κ1) is 24.2. The van der Waals surface area contributed by atoms with Gasteiger partial charge in [0.1, 0.15) is 0 Å². The Morgan fingerprint density at radius 3 is 1.89 bits per heavy atom. The van der Waals surface area contributed by atoms with E-state index in [4.69, 9.17) is 4.98 Å². The Kier molecular flexibility index (Phi) is 4.86. The number of hydrogen-bond acceptors (Lipinski definition) is 2. The van der Waals surface area contributed by atoms with E-state index >= 15 is 0 Å². The maximum Gasteiger partial charge on any atom is 0.0819 e. The monoisotopic (exact) mass is 575 g/mol. The van der Waals surface area contributed by atoms with Crippen LogP contribution in [0.3, 0.4) is 0 Å². The maximum absolute atomic E-state index is 5.32. The van der Waals surface area contributed by atoms with E-state index in [9.17, 15) is 0 Å². The molecule has 0 saturated heterocycles. The van der Waals surface area contributed by atoms with E-state index in [-0.39, 0.29) is 5.41 Å². The molecule has 1 unspecified atom stereocenters. The van der Waals surface area contributed by atoms with Crippen LogP contribution in [0, 0.1) is 0 Å². The molecule has 2 aromatic heterocycles. The van der Waals surface area contributed by atoms with E-state index in [1.54, 1.807) is 0 Å². The minimum atomic E-state index is -0.364. The van der Waals surface area contributed by atoms with Crippen molar-refractivity contribution < 1.29 is 0 Å². The molecule has 0 radical (unpaired) electrons. The quantitative estimate of drug-likeness (QED) is 0.200. The fourth-order valence-corrected chi connectivity index (χ4v) is 9.43. The maximum atomic E-state index is 5.32. The van der Waals surface area contributed by atoms with E-state index in [1.165, 1.54) is 76.0 Å². The summed E-state index contributed by atoms with van der Waals surface area (Å²) in [5.41, 5.74) is 14.7. The highest BCUT2D eigenvalue weighted by Gasteiger charge is 2.53. The zero-order valence-corrected chi connectivity index (χ0v) is 24.6. The molecule has 0 N–H and O–H groups in total. The highest BCUT2D eigenvalue weighted by atomic mass is 32.1. The third kappa shape index (κ3) is 3.01. The number of aromatic nitrogens is 1. The Bertz CT molecular complexity index is 2450. The Hall–Kier alpha value is -5.31. The Morgan fingerprint density at radius 2 is 1.07 bits per heavy atom. The smallest absolute Gasteiger partial charge is 0.0819 e. The predicted octanol–water partition coefficient (Wildman–Crippen LogP) is 11.1. The van der Waals surface area contributed by atoms with Crippen LogP contribution in [-0.2, 0) is 5.41 Å². The highest BCUT2D eigenvalue weighted by molar-refractivity contribution is 7.20. The van der Waals surface area contributed by atoms with Crippen LogP contribution in [0.1, 0.15) is 21.6 Å². The van der Waals surface area contributed by atoms with E-state index in [2.05, 4.69) is 152 Å². The van der Waals surface area contributed by atoms with Crippen molar-refractivity contribution in [1.82, 2.24) is 4.98 Å². The molecule has 10 rings (SSSR count). The van der Waals surface area contributed by atoms with Gasteiger partial charge in [-0.2, -0.15) is 0 Å². The summed E-state index contributed by atoms with van der Waals surface area (Å²) in [4.78, 5) is 6.75. The minimum absolute atomic E-state index is 0.364. The highest BCUT2D eigenvalue weighted by Crippen LogP contribution is 2.66. The lowest BCUT2D eigenvalue weighted by Crippen LogP contribution is -2.24. The van der Waals surface area contributed by atoms with Gasteiger partial charge in [0.15, 0.2) is 0 Å². The molecule has 204 valence electrons. The Morgan fingerprint density at radius 1 is 0.455 bits per heavy atom. The molecule has 0 amide bonds. The molecule has 0 fully saturated rings. The number of rotatable bonds is 2. The van der Waals surface area contributed by atoms with Crippen LogP contribution in [0.25, 0.3) is 65.6 Å². The number of hydrogen-bond donors (Lipinski definition) is 0. The van der Waals surface area contributed by atoms with Gasteiger partial charge in [0.25, 0.3) is 0 Å². The molecule has 0 bridgehead atoms. The number of thiophene rings is 1. The van der Waals surface area contributed by atoms with E-state index in [0.717, 1.165) is 11.2 Å². The summed E-state index contributed by atoms with van der Waals surface area (Å²) < 4.78 is 1.34. The fourth-order valence-electron chi connectivity index (χ4n) is 7.97. The number of pyridine rings is 1. The zero-order valence-electron chi connectivity index (χ0n) is 23.8. The van der Waals surface area contributed by atoms with Gasteiger partial charge < -0.3 is 0 Å². The number of para-hydroxylation sites is 1. The summed E-state index contributed by atoms with van der Waals surface area (Å²) in [7, 11) is 0. The number of fused-ring (bicyclic) bond motifs is 13. The van der Waals surface area contributed by atoms with Gasteiger partial charge in [-0.15, -0.1) is 11.3 Å². The molecule has 1 spiro atoms. The average molecular weight is 576 g/mol. The van der Waals surface area contributed by atoms with Crippen LogP contribution >= 0.6 is 11.3 Å². The zero-order chi connectivity index (χ0) is 28.8. The van der Waals surface area contributed by atoms with E-state index in [0.29, 0.717) is 0 Å². The summed E-state index contributed by atoms with van der Waals surface area (Å²) in [6.07, 6.45) is 0. The second-order valence-corrected chi connectivity index (χ2v) is 12.9. The van der Waals surface area contributed by atoms with Gasteiger partial charge in [0.05, 0.1) is 16.6 Å². The predicted molar refractivity (Wildman–Crippen MR) is 184 cm³/mol. The first-order valence-electron chi connectivity index (χ1n) is 15.1. The standard InChI is InChI=1S/C42H25NS/c1-2-13-26(14-3-1)32-25-37(43-36-23-10-6-15-27(32)36)30-19-12-22-35-39(30)28-16-4-8-20-33(28)42(35)34-21-9-5-17-29(34)40-31-18-7-11-24-38(31)44-41(40)42/h1-25H. The summed E-state index contributed by atoms with van der Waals surface area (Å²) in [5, 5.41) is 2.52. The van der Waals surface area contributed by atoms with Crippen molar-refractivity contribution in [1.29, 1.82) is 0 Å². The third-order valence-electron chi connectivity index (χ3n) is 9.68. The molecule has 1 atom stereocenters. The van der Waals surface area contributed by atoms with Gasteiger partial charge in [0, 0.05) is 31.5 Å². The van der Waals surface area contributed by atoms with E-state index < -0.39 is 0 Å². The van der Waals surface area contributed by atoms with Gasteiger partial charge >= 0.3 is 0 Å². The second-order valence-electron chi connectivity index (χ2n) is 11.8. The van der Waals surface area contributed by atoms with E-state index in [1.807, 2.05) is 11.3 Å². The SMILES string of the molecule is c1ccc(-c2cc(-c3cccc4c3-c3ccccc3C43c4ccccc4-c4c3sc3ccccc43)nc3ccccc23)cc1. The molecule has 6 aromatic carbocycles. The molecule has 2 heteroatoms. The average Bonchev–Trinajstić information content (AvgIpc) is 3.72. The van der Waals surface area contributed by atoms with Crippen molar-refractivity contribution >= 4 is 32.3 Å². The number of nitrogens with zero attached hydrogens (tertiary/aromatic N) is 1. The van der Waals surface area contributed by atoms with Gasteiger partial charge in [0.2, 0.25) is 0 Å². The summed E-state index contributed by atoms with van der Waals surface area (Å²) in [6, 6.07) is 55.5. The van der Waals surface area contributed by atoms with Crippen LogP contribution in [0.2, 0.25) is 0 Å². The fraction of sp³-hybridized carbons (Fsp3) is 0.0238. The molecule has 0 aliphatic heterocycles. The molecular formula is C42H25NS. The van der Waals surface area contributed by atoms with Crippen molar-refractivity contribution in [2.75, 3.05) is 0 Å². The molecular weight excluding hydrogens is 551 g/mol. The first-order valence-corrected chi connectivity index (χ1v) is 16.0. The van der Waals surface area contributed by atoms with Crippen molar-refractivity contribution in [2.45, 2.75) is 5.41 Å². The Labute approximate surface area is 259 Å². The number of benzene rings is 6. The van der Waals surface area contributed by atoms with Crippen LogP contribution in [0.4, 0.5) is 0 Å². The topological polar surface area (TPSA) is 12.9 Å². The summed E-state index contributed by atoms with van der Waals surface area (Å²) in [6.45, 7) is 0. The van der Waals surface area contributed by atoms with Gasteiger partial charge in [-0.3, -0.25) is 0 Å². The summed E-state index contributed by atoms with van der Waals surface area (Å²) in [5.74, 6) is 0. The van der Waals surface area contributed by atoms with Crippen molar-refractivity contribution in [2.24, 2.45) is 0 Å². The van der Waals surface area contributed by atoms with Crippen LogP contribution in [0.5, 0.6) is 0 Å². The normalized spacial score (nSPS) is 15.8. The van der Waals surface area contributed by atoms with Gasteiger partial charge in [-0.05, 0) is 62.7 Å². The van der Waals surface area contributed by atoms with Crippen LogP contribution < -0.4 is 0 Å². The third-order valence-corrected chi connectivity index (χ3v) is 11.0. The molecule has 0 saturated carbocycles. The van der Waals surface area contributed by atoms with Crippen molar-refractivity contribution in [3.8, 4) is 44.6 Å². The molecule has 2 heterocycles. The Balaban J connectivity index is 1.33. The lowest BCUT2D eigenvalue weighted by atomic mass is 9.73. The van der Waals surface area contributed by atoms with Gasteiger partial charge in [-0.1, -0.05) is 133 Å². The lowest BCUT2D eigenvalue weighted by molar-refractivity contribution is 0.812. The first-order chi connectivity index (χ1) is 21.8. The second kappa shape index (κ2) is 8.86. The van der Waals surface area contributed by atoms with Crippen LogP contribution in [-0.4, -0.2) is 4.98 Å². The largest absolute Gasteiger partial charge is 0.248 e. The van der Waals surface area contributed by atoms with Crippen molar-refractivity contribution in [3.05, 3.63) is 173 Å². The molecule has 2 aliphatic rings. The molecule has 8 aromatic rings. The van der Waals surface area contributed by atoms with Gasteiger partial charge in [-0.25, -0.2) is 4.98 Å². The lowest BCUT2D eigenvalue weighted by Gasteiger charge is -2.29. The molecule has 44 heavy (non-hydrogen) atoms. The van der Waals surface area contributed by atoms with Crippen LogP contribution in [0.15, 0.2) is 152 Å². The molecule has 2 aliphatic carbocycles. The molecule has 1 nitrogen and oxygen atoms in total.